The molecule has 42 heavy (non-hydrogen) atoms. The first kappa shape index (κ1) is 30.2. The second kappa shape index (κ2) is 14.2. The normalized spacial score (nSPS) is 13.1. The minimum absolute atomic E-state index is 0.0426. The Morgan fingerprint density at radius 3 is 2.14 bits per heavy atom. The first-order valence-electron chi connectivity index (χ1n) is 13.2. The van der Waals surface area contributed by atoms with E-state index >= 15 is 0 Å². The molecule has 218 valence electrons. The van der Waals surface area contributed by atoms with Gasteiger partial charge in [0.05, 0.1) is 11.7 Å². The number of carboxylic acids is 2. The average Bonchev–Trinajstić information content (AvgIpc) is 3.39. The van der Waals surface area contributed by atoms with Crippen molar-refractivity contribution >= 4 is 47.3 Å². The maximum atomic E-state index is 13.0. The number of carbonyl (C=O) groups excluding carboxylic acids is 2. The molecule has 1 heterocycles. The van der Waals surface area contributed by atoms with E-state index in [9.17, 15) is 29.4 Å². The lowest BCUT2D eigenvalue weighted by Crippen LogP contribution is -2.54. The Morgan fingerprint density at radius 1 is 0.786 bits per heavy atom. The zero-order valence-corrected chi connectivity index (χ0v) is 23.4. The van der Waals surface area contributed by atoms with Crippen LogP contribution < -0.4 is 15.4 Å². The van der Waals surface area contributed by atoms with Gasteiger partial charge < -0.3 is 30.6 Å². The van der Waals surface area contributed by atoms with Crippen LogP contribution in [0.3, 0.4) is 0 Å². The Kier molecular flexibility index (Phi) is 10.2. The smallest absolute Gasteiger partial charge is 0.326 e. The van der Waals surface area contributed by atoms with Crippen molar-refractivity contribution in [2.24, 2.45) is 0 Å². The van der Waals surface area contributed by atoms with Crippen molar-refractivity contribution in [3.8, 4) is 5.75 Å². The van der Waals surface area contributed by atoms with Gasteiger partial charge in [0, 0.05) is 23.5 Å². The van der Waals surface area contributed by atoms with Crippen molar-refractivity contribution in [3.63, 3.8) is 0 Å². The number of aromatic amines is 1. The van der Waals surface area contributed by atoms with Gasteiger partial charge in [-0.2, -0.15) is 12.6 Å². The number of para-hydroxylation sites is 1. The van der Waals surface area contributed by atoms with Crippen LogP contribution in [-0.2, 0) is 38.6 Å². The van der Waals surface area contributed by atoms with Crippen LogP contribution >= 0.6 is 12.6 Å². The fourth-order valence-corrected chi connectivity index (χ4v) is 4.71. The van der Waals surface area contributed by atoms with Crippen LogP contribution in [0.5, 0.6) is 5.75 Å². The zero-order valence-electron chi connectivity index (χ0n) is 22.5. The molecule has 11 heteroatoms. The summed E-state index contributed by atoms with van der Waals surface area (Å²) in [6.07, 6.45) is 1.09. The number of fused-ring (bicyclic) bond motifs is 1. The molecule has 0 aliphatic heterocycles. The monoisotopic (exact) mass is 589 g/mol. The van der Waals surface area contributed by atoms with E-state index in [0.717, 1.165) is 22.0 Å². The zero-order chi connectivity index (χ0) is 30.1. The quantitative estimate of drug-likeness (QED) is 0.123. The predicted octanol–water partition coefficient (Wildman–Crippen LogP) is 3.36. The van der Waals surface area contributed by atoms with Gasteiger partial charge in [0.2, 0.25) is 11.8 Å². The summed E-state index contributed by atoms with van der Waals surface area (Å²) >= 11 is 4.36. The lowest BCUT2D eigenvalue weighted by Gasteiger charge is -2.22. The van der Waals surface area contributed by atoms with Gasteiger partial charge in [-0.25, -0.2) is 4.79 Å². The van der Waals surface area contributed by atoms with Gasteiger partial charge in [0.25, 0.3) is 0 Å². The molecule has 1 aromatic heterocycles. The summed E-state index contributed by atoms with van der Waals surface area (Å²) in [5.74, 6) is -3.55. The van der Waals surface area contributed by atoms with Crippen molar-refractivity contribution < 1.29 is 34.1 Å². The molecule has 0 aliphatic carbocycles. The number of nitrogens with one attached hydrogen (secondary N) is 3. The Balaban J connectivity index is 1.35. The third-order valence-corrected chi connectivity index (χ3v) is 7.05. The van der Waals surface area contributed by atoms with Crippen molar-refractivity contribution in [3.05, 3.63) is 102 Å². The molecule has 0 saturated heterocycles. The van der Waals surface area contributed by atoms with Gasteiger partial charge in [0.15, 0.2) is 0 Å². The first-order valence-corrected chi connectivity index (χ1v) is 13.8. The molecular formula is C31H31N3O7S. The maximum Gasteiger partial charge on any atom is 0.326 e. The summed E-state index contributed by atoms with van der Waals surface area (Å²) in [5.41, 5.74) is 3.29. The SMILES string of the molecule is O=C(O)CC(NC(=O)C(S)Cc1ccc(OCc2ccccc2)cc1)C(=O)NC(Cc1c[nH]c2ccccc12)C(=O)O. The van der Waals surface area contributed by atoms with Crippen LogP contribution in [0.4, 0.5) is 0 Å². The molecule has 10 nitrogen and oxygen atoms in total. The Hall–Kier alpha value is -4.77. The Bertz CT molecular complexity index is 1540. The summed E-state index contributed by atoms with van der Waals surface area (Å²) in [6.45, 7) is 0.412. The van der Waals surface area contributed by atoms with Crippen LogP contribution in [0, 0.1) is 0 Å². The minimum atomic E-state index is -1.50. The molecule has 4 rings (SSSR count). The van der Waals surface area contributed by atoms with Gasteiger partial charge >= 0.3 is 11.9 Å². The van der Waals surface area contributed by atoms with E-state index in [1.54, 1.807) is 30.5 Å². The van der Waals surface area contributed by atoms with Crippen LogP contribution in [0.15, 0.2) is 85.1 Å². The molecule has 0 saturated carbocycles. The van der Waals surface area contributed by atoms with Gasteiger partial charge in [-0.05, 0) is 41.3 Å². The number of ether oxygens (including phenoxy) is 1. The molecule has 3 unspecified atom stereocenters. The van der Waals surface area contributed by atoms with E-state index in [0.29, 0.717) is 17.9 Å². The maximum absolute atomic E-state index is 13.0. The molecule has 0 radical (unpaired) electrons. The molecule has 0 bridgehead atoms. The first-order chi connectivity index (χ1) is 20.2. The summed E-state index contributed by atoms with van der Waals surface area (Å²) in [7, 11) is 0. The number of benzene rings is 3. The van der Waals surface area contributed by atoms with Crippen molar-refractivity contribution in [1.82, 2.24) is 15.6 Å². The topological polar surface area (TPSA) is 158 Å². The predicted molar refractivity (Wildman–Crippen MR) is 159 cm³/mol. The van der Waals surface area contributed by atoms with Gasteiger partial charge in [-0.1, -0.05) is 60.7 Å². The van der Waals surface area contributed by atoms with E-state index in [4.69, 9.17) is 4.74 Å². The molecule has 0 fully saturated rings. The van der Waals surface area contributed by atoms with Crippen LogP contribution in [0.25, 0.3) is 10.9 Å². The van der Waals surface area contributed by atoms with E-state index in [1.807, 2.05) is 54.6 Å². The lowest BCUT2D eigenvalue weighted by molar-refractivity contribution is -0.143. The number of carbonyl (C=O) groups is 4. The standard InChI is InChI=1S/C31H31N3O7S/c35-28(36)16-25(29(37)34-26(31(39)40)15-21-17-32-24-9-5-4-8-23(21)24)33-30(38)27(42)14-19-10-12-22(13-11-19)41-18-20-6-2-1-3-7-20/h1-13,17,25-27,32,42H,14-16,18H2,(H,33,38)(H,34,37)(H,35,36)(H,39,40). The van der Waals surface area contributed by atoms with E-state index in [1.165, 1.54) is 0 Å². The largest absolute Gasteiger partial charge is 0.489 e. The lowest BCUT2D eigenvalue weighted by atomic mass is 10.0. The Labute approximate surface area is 247 Å². The average molecular weight is 590 g/mol. The number of hydrogen-bond acceptors (Lipinski definition) is 6. The van der Waals surface area contributed by atoms with Crippen molar-refractivity contribution in [1.29, 1.82) is 0 Å². The third kappa shape index (κ3) is 8.37. The van der Waals surface area contributed by atoms with Crippen molar-refractivity contribution in [2.45, 2.75) is 43.2 Å². The number of amides is 2. The molecule has 5 N–H and O–H groups in total. The van der Waals surface area contributed by atoms with Crippen molar-refractivity contribution in [2.75, 3.05) is 0 Å². The second-order valence-corrected chi connectivity index (χ2v) is 10.4. The number of thiol groups is 1. The molecule has 2 amide bonds. The molecule has 0 spiro atoms. The molecule has 4 aromatic rings. The van der Waals surface area contributed by atoms with Gasteiger partial charge in [-0.15, -0.1) is 0 Å². The summed E-state index contributed by atoms with van der Waals surface area (Å²) in [5, 5.41) is 23.8. The number of rotatable bonds is 14. The highest BCUT2D eigenvalue weighted by Gasteiger charge is 2.30. The number of H-pyrrole nitrogens is 1. The fraction of sp³-hybridized carbons (Fsp3) is 0.226. The fourth-order valence-electron chi connectivity index (χ4n) is 4.42. The van der Waals surface area contributed by atoms with E-state index in [-0.39, 0.29) is 12.8 Å². The number of aliphatic carboxylic acids is 2. The van der Waals surface area contributed by atoms with E-state index < -0.39 is 47.5 Å². The molecule has 0 aliphatic rings. The highest BCUT2D eigenvalue weighted by atomic mass is 32.1. The summed E-state index contributed by atoms with van der Waals surface area (Å²) in [6, 6.07) is 21.3. The highest BCUT2D eigenvalue weighted by molar-refractivity contribution is 7.81. The van der Waals surface area contributed by atoms with Crippen LogP contribution in [0.2, 0.25) is 0 Å². The second-order valence-electron chi connectivity index (χ2n) is 9.76. The highest BCUT2D eigenvalue weighted by Crippen LogP contribution is 2.20. The number of carboxylic acid groups (broad SMARTS) is 2. The Morgan fingerprint density at radius 2 is 1.45 bits per heavy atom. The number of aromatic nitrogens is 1. The summed E-state index contributed by atoms with van der Waals surface area (Å²) < 4.78 is 5.78. The number of hydrogen-bond donors (Lipinski definition) is 6. The third-order valence-electron chi connectivity index (χ3n) is 6.63. The van der Waals surface area contributed by atoms with E-state index in [2.05, 4.69) is 28.2 Å². The molecule has 3 aromatic carbocycles. The molecule has 3 atom stereocenters. The summed E-state index contributed by atoms with van der Waals surface area (Å²) in [4.78, 5) is 52.4. The van der Waals surface area contributed by atoms with Crippen LogP contribution in [0.1, 0.15) is 23.1 Å². The van der Waals surface area contributed by atoms with Gasteiger partial charge in [-0.3, -0.25) is 14.4 Å². The molecular weight excluding hydrogens is 558 g/mol. The van der Waals surface area contributed by atoms with Crippen LogP contribution in [-0.4, -0.2) is 56.3 Å². The van der Waals surface area contributed by atoms with Gasteiger partial charge in [0.1, 0.15) is 24.4 Å². The minimum Gasteiger partial charge on any atom is -0.489 e.